The number of benzene rings is 2. The average molecular weight is 456 g/mol. The van der Waals surface area contributed by atoms with Gasteiger partial charge in [-0.15, -0.1) is 0 Å². The van der Waals surface area contributed by atoms with Crippen LogP contribution in [0.4, 0.5) is 4.79 Å². The molecule has 7 heteroatoms. The van der Waals surface area contributed by atoms with Crippen molar-refractivity contribution in [3.63, 3.8) is 0 Å². The molecular formula is C25H30ClN3O3. The van der Waals surface area contributed by atoms with Gasteiger partial charge in [-0.25, -0.2) is 4.79 Å². The van der Waals surface area contributed by atoms with Crippen molar-refractivity contribution in [2.45, 2.75) is 52.1 Å². The van der Waals surface area contributed by atoms with E-state index in [1.807, 2.05) is 26.0 Å². The molecule has 4 amide bonds. The zero-order valence-electron chi connectivity index (χ0n) is 18.9. The van der Waals surface area contributed by atoms with Crippen molar-refractivity contribution in [2.75, 3.05) is 6.54 Å². The Kier molecular flexibility index (Phi) is 7.24. The van der Waals surface area contributed by atoms with Crippen LogP contribution in [0, 0.1) is 5.92 Å². The molecular weight excluding hydrogens is 426 g/mol. The zero-order chi connectivity index (χ0) is 23.5. The number of carbonyl (C=O) groups is 3. The second-order valence-electron chi connectivity index (χ2n) is 8.72. The highest BCUT2D eigenvalue weighted by atomic mass is 35.5. The highest BCUT2D eigenvalue weighted by molar-refractivity contribution is 6.30. The highest BCUT2D eigenvalue weighted by Gasteiger charge is 2.51. The first kappa shape index (κ1) is 23.8. The topological polar surface area (TPSA) is 78.5 Å². The Labute approximate surface area is 194 Å². The van der Waals surface area contributed by atoms with Crippen molar-refractivity contribution in [2.24, 2.45) is 5.92 Å². The highest BCUT2D eigenvalue weighted by Crippen LogP contribution is 2.33. The fourth-order valence-corrected chi connectivity index (χ4v) is 4.20. The van der Waals surface area contributed by atoms with Gasteiger partial charge in [-0.1, -0.05) is 68.8 Å². The average Bonchev–Trinajstić information content (AvgIpc) is 2.99. The van der Waals surface area contributed by atoms with E-state index < -0.39 is 23.4 Å². The molecule has 0 bridgehead atoms. The summed E-state index contributed by atoms with van der Waals surface area (Å²) in [6.45, 7) is 7.71. The van der Waals surface area contributed by atoms with E-state index in [1.54, 1.807) is 24.3 Å². The maximum absolute atomic E-state index is 13.2. The summed E-state index contributed by atoms with van der Waals surface area (Å²) < 4.78 is 0. The van der Waals surface area contributed by atoms with Gasteiger partial charge in [-0.2, -0.15) is 0 Å². The van der Waals surface area contributed by atoms with E-state index in [1.165, 1.54) is 5.56 Å². The Balaban J connectivity index is 1.67. The first-order valence-corrected chi connectivity index (χ1v) is 11.3. The van der Waals surface area contributed by atoms with Gasteiger partial charge in [-0.05, 0) is 54.5 Å². The number of imide groups is 1. The molecule has 2 atom stereocenters. The number of amides is 4. The molecule has 0 radical (unpaired) electrons. The molecule has 32 heavy (non-hydrogen) atoms. The fraction of sp³-hybridized carbons (Fsp3) is 0.400. The van der Waals surface area contributed by atoms with E-state index in [4.69, 9.17) is 11.6 Å². The third-order valence-electron chi connectivity index (χ3n) is 5.85. The van der Waals surface area contributed by atoms with Crippen LogP contribution in [-0.2, 0) is 21.5 Å². The van der Waals surface area contributed by atoms with Crippen molar-refractivity contribution in [1.29, 1.82) is 0 Å². The van der Waals surface area contributed by atoms with Crippen molar-refractivity contribution >= 4 is 29.4 Å². The van der Waals surface area contributed by atoms with Gasteiger partial charge in [0.15, 0.2) is 0 Å². The first-order valence-electron chi connectivity index (χ1n) is 10.9. The summed E-state index contributed by atoms with van der Waals surface area (Å²) in [7, 11) is 0. The molecule has 0 aliphatic carbocycles. The molecule has 2 aromatic rings. The maximum atomic E-state index is 13.2. The summed E-state index contributed by atoms with van der Waals surface area (Å²) in [5.74, 6) is -0.256. The van der Waals surface area contributed by atoms with Crippen LogP contribution in [0.25, 0.3) is 0 Å². The second kappa shape index (κ2) is 9.74. The van der Waals surface area contributed by atoms with Crippen molar-refractivity contribution in [3.05, 3.63) is 70.2 Å². The van der Waals surface area contributed by atoms with Gasteiger partial charge in [0.05, 0.1) is 6.04 Å². The van der Waals surface area contributed by atoms with Gasteiger partial charge in [-0.3, -0.25) is 14.5 Å². The van der Waals surface area contributed by atoms with Crippen LogP contribution in [0.3, 0.4) is 0 Å². The lowest BCUT2D eigenvalue weighted by Crippen LogP contribution is -2.45. The van der Waals surface area contributed by atoms with Crippen LogP contribution in [0.2, 0.25) is 5.02 Å². The largest absolute Gasteiger partial charge is 0.348 e. The lowest BCUT2D eigenvalue weighted by Gasteiger charge is -2.26. The molecule has 6 nitrogen and oxygen atoms in total. The minimum absolute atomic E-state index is 0.247. The number of rotatable bonds is 8. The van der Waals surface area contributed by atoms with Gasteiger partial charge in [0.1, 0.15) is 12.1 Å². The standard InChI is InChI=1S/C25H30ClN3O3/c1-5-25(20-10-12-21(26)13-11-20)23(31)29(24(32)28-25)15-22(30)27-17(4)19-8-6-18(7-9-19)14-16(2)3/h6-13,16-17H,5,14-15H2,1-4H3,(H,27,30)(H,28,32). The molecule has 0 aromatic heterocycles. The number of nitrogens with zero attached hydrogens (tertiary/aromatic N) is 1. The maximum Gasteiger partial charge on any atom is 0.325 e. The van der Waals surface area contributed by atoms with Crippen molar-refractivity contribution < 1.29 is 14.4 Å². The quantitative estimate of drug-likeness (QED) is 0.572. The summed E-state index contributed by atoms with van der Waals surface area (Å²) >= 11 is 5.96. The Morgan fingerprint density at radius 3 is 2.25 bits per heavy atom. The molecule has 1 aliphatic heterocycles. The Hall–Kier alpha value is -2.86. The second-order valence-corrected chi connectivity index (χ2v) is 9.15. The van der Waals surface area contributed by atoms with Crippen molar-refractivity contribution in [1.82, 2.24) is 15.5 Å². The molecule has 0 saturated carbocycles. The number of hydrogen-bond donors (Lipinski definition) is 2. The van der Waals surface area contributed by atoms with E-state index in [9.17, 15) is 14.4 Å². The molecule has 170 valence electrons. The summed E-state index contributed by atoms with van der Waals surface area (Å²) in [4.78, 5) is 39.4. The van der Waals surface area contributed by atoms with Gasteiger partial charge < -0.3 is 10.6 Å². The SMILES string of the molecule is CCC1(c2ccc(Cl)cc2)NC(=O)N(CC(=O)NC(C)c2ccc(CC(C)C)cc2)C1=O. The van der Waals surface area contributed by atoms with Crippen LogP contribution in [-0.4, -0.2) is 29.3 Å². The molecule has 2 aromatic carbocycles. The molecule has 1 heterocycles. The lowest BCUT2D eigenvalue weighted by atomic mass is 9.87. The van der Waals surface area contributed by atoms with Crippen LogP contribution in [0.15, 0.2) is 48.5 Å². The monoisotopic (exact) mass is 455 g/mol. The van der Waals surface area contributed by atoms with Gasteiger partial charge in [0, 0.05) is 5.02 Å². The lowest BCUT2D eigenvalue weighted by molar-refractivity contribution is -0.135. The first-order chi connectivity index (χ1) is 15.2. The molecule has 2 unspecified atom stereocenters. The van der Waals surface area contributed by atoms with Crippen LogP contribution in [0.1, 0.15) is 56.8 Å². The summed E-state index contributed by atoms with van der Waals surface area (Å²) in [5, 5.41) is 6.21. The van der Waals surface area contributed by atoms with E-state index >= 15 is 0 Å². The summed E-state index contributed by atoms with van der Waals surface area (Å²) in [6, 6.07) is 14.1. The molecule has 0 spiro atoms. The third-order valence-corrected chi connectivity index (χ3v) is 6.10. The Morgan fingerprint density at radius 1 is 1.06 bits per heavy atom. The number of nitrogens with one attached hydrogen (secondary N) is 2. The fourth-order valence-electron chi connectivity index (χ4n) is 4.07. The zero-order valence-corrected chi connectivity index (χ0v) is 19.7. The molecule has 1 fully saturated rings. The van der Waals surface area contributed by atoms with Gasteiger partial charge >= 0.3 is 6.03 Å². The molecule has 1 aliphatic rings. The van der Waals surface area contributed by atoms with Crippen LogP contribution >= 0.6 is 11.6 Å². The molecule has 1 saturated heterocycles. The van der Waals surface area contributed by atoms with Crippen LogP contribution < -0.4 is 10.6 Å². The summed E-state index contributed by atoms with van der Waals surface area (Å²) in [6.07, 6.45) is 1.36. The summed E-state index contributed by atoms with van der Waals surface area (Å²) in [5.41, 5.74) is 1.66. The number of urea groups is 1. The minimum Gasteiger partial charge on any atom is -0.348 e. The predicted molar refractivity (Wildman–Crippen MR) is 125 cm³/mol. The number of halogens is 1. The van der Waals surface area contributed by atoms with E-state index in [0.29, 0.717) is 22.9 Å². The van der Waals surface area contributed by atoms with Gasteiger partial charge in [0.2, 0.25) is 5.91 Å². The Bertz CT molecular complexity index is 988. The van der Waals surface area contributed by atoms with E-state index in [2.05, 4.69) is 36.6 Å². The minimum atomic E-state index is -1.19. The smallest absolute Gasteiger partial charge is 0.325 e. The third kappa shape index (κ3) is 4.96. The molecule has 2 N–H and O–H groups in total. The number of carbonyl (C=O) groups excluding carboxylic acids is 3. The predicted octanol–water partition coefficient (Wildman–Crippen LogP) is 4.57. The van der Waals surface area contributed by atoms with Crippen molar-refractivity contribution in [3.8, 4) is 0 Å². The normalized spacial score (nSPS) is 19.2. The Morgan fingerprint density at radius 2 is 1.69 bits per heavy atom. The van der Waals surface area contributed by atoms with E-state index in [0.717, 1.165) is 16.9 Å². The van der Waals surface area contributed by atoms with E-state index in [-0.39, 0.29) is 12.6 Å². The molecule has 3 rings (SSSR count). The number of hydrogen-bond acceptors (Lipinski definition) is 3. The van der Waals surface area contributed by atoms with Crippen LogP contribution in [0.5, 0.6) is 0 Å². The van der Waals surface area contributed by atoms with Gasteiger partial charge in [0.25, 0.3) is 5.91 Å².